The van der Waals surface area contributed by atoms with Crippen LogP contribution in [0.15, 0.2) is 18.2 Å². The molecule has 4 heteroatoms. The minimum atomic E-state index is -0.512. The van der Waals surface area contributed by atoms with Crippen molar-refractivity contribution in [2.75, 3.05) is 5.32 Å². The second kappa shape index (κ2) is 4.61. The van der Waals surface area contributed by atoms with Crippen molar-refractivity contribution in [1.29, 1.82) is 0 Å². The van der Waals surface area contributed by atoms with Crippen LogP contribution in [-0.4, -0.2) is 22.9 Å². The maximum atomic E-state index is 11.7. The molecule has 0 bridgehead atoms. The number of ether oxygens (including phenoxy) is 1. The molecule has 0 radical (unpaired) electrons. The lowest BCUT2D eigenvalue weighted by atomic mass is 10.1. The van der Waals surface area contributed by atoms with Crippen LogP contribution in [0.25, 0.3) is 0 Å². The molecule has 18 heavy (non-hydrogen) atoms. The summed E-state index contributed by atoms with van der Waals surface area (Å²) in [6, 6.07) is 5.69. The van der Waals surface area contributed by atoms with E-state index in [0.29, 0.717) is 12.8 Å². The summed E-state index contributed by atoms with van der Waals surface area (Å²) in [7, 11) is 0. The summed E-state index contributed by atoms with van der Waals surface area (Å²) in [5, 5.41) is 12.4. The third-order valence-corrected chi connectivity index (χ3v) is 2.80. The first-order valence-corrected chi connectivity index (χ1v) is 6.14. The summed E-state index contributed by atoms with van der Waals surface area (Å²) in [4.78, 5) is 11.7. The molecule has 2 N–H and O–H groups in total. The second-order valence-electron chi connectivity index (χ2n) is 5.63. The molecule has 1 aliphatic rings. The number of anilines is 1. The Morgan fingerprint density at radius 2 is 2.11 bits per heavy atom. The van der Waals surface area contributed by atoms with Crippen LogP contribution in [0.5, 0.6) is 0 Å². The van der Waals surface area contributed by atoms with Gasteiger partial charge in [-0.15, -0.1) is 0 Å². The van der Waals surface area contributed by atoms with Gasteiger partial charge in [-0.1, -0.05) is 12.1 Å². The smallest absolute Gasteiger partial charge is 0.412 e. The molecule has 0 spiro atoms. The summed E-state index contributed by atoms with van der Waals surface area (Å²) in [5.74, 6) is 0. The van der Waals surface area contributed by atoms with Gasteiger partial charge in [0.15, 0.2) is 0 Å². The highest BCUT2D eigenvalue weighted by Gasteiger charge is 2.23. The van der Waals surface area contributed by atoms with E-state index >= 15 is 0 Å². The van der Waals surface area contributed by atoms with E-state index in [1.807, 2.05) is 39.0 Å². The number of benzene rings is 1. The van der Waals surface area contributed by atoms with Crippen molar-refractivity contribution in [3.8, 4) is 0 Å². The highest BCUT2D eigenvalue weighted by molar-refractivity contribution is 5.86. The molecule has 1 aromatic carbocycles. The lowest BCUT2D eigenvalue weighted by molar-refractivity contribution is 0.0635. The van der Waals surface area contributed by atoms with Crippen molar-refractivity contribution in [1.82, 2.24) is 0 Å². The van der Waals surface area contributed by atoms with Crippen LogP contribution in [0.4, 0.5) is 10.5 Å². The Kier molecular flexibility index (Phi) is 3.30. The van der Waals surface area contributed by atoms with E-state index in [9.17, 15) is 9.90 Å². The van der Waals surface area contributed by atoms with Crippen LogP contribution < -0.4 is 5.32 Å². The molecular formula is C14H19NO3. The Morgan fingerprint density at radius 3 is 2.78 bits per heavy atom. The first-order valence-electron chi connectivity index (χ1n) is 6.14. The molecule has 2 rings (SSSR count). The summed E-state index contributed by atoms with van der Waals surface area (Å²) >= 11 is 0. The molecule has 0 aliphatic heterocycles. The number of fused-ring (bicyclic) bond motifs is 1. The van der Waals surface area contributed by atoms with E-state index in [4.69, 9.17) is 4.74 Å². The number of nitrogens with one attached hydrogen (secondary N) is 1. The van der Waals surface area contributed by atoms with Crippen molar-refractivity contribution < 1.29 is 14.6 Å². The number of carbonyl (C=O) groups excluding carboxylic acids is 1. The molecule has 1 atom stereocenters. The van der Waals surface area contributed by atoms with Gasteiger partial charge in [-0.2, -0.15) is 0 Å². The van der Waals surface area contributed by atoms with E-state index in [1.165, 1.54) is 0 Å². The average molecular weight is 249 g/mol. The lowest BCUT2D eigenvalue weighted by Gasteiger charge is -2.20. The number of aliphatic hydroxyl groups excluding tert-OH is 1. The summed E-state index contributed by atoms with van der Waals surface area (Å²) in [5.41, 5.74) is 2.33. The van der Waals surface area contributed by atoms with Crippen LogP contribution in [-0.2, 0) is 17.6 Å². The molecule has 0 heterocycles. The summed E-state index contributed by atoms with van der Waals surface area (Å²) in [6.07, 6.45) is 0.430. The van der Waals surface area contributed by atoms with Gasteiger partial charge in [-0.25, -0.2) is 4.79 Å². The summed E-state index contributed by atoms with van der Waals surface area (Å²) < 4.78 is 5.22. The molecule has 1 aliphatic carbocycles. The van der Waals surface area contributed by atoms with E-state index in [0.717, 1.165) is 16.8 Å². The van der Waals surface area contributed by atoms with Crippen molar-refractivity contribution in [2.24, 2.45) is 0 Å². The van der Waals surface area contributed by atoms with Gasteiger partial charge in [0.25, 0.3) is 0 Å². The minimum Gasteiger partial charge on any atom is -0.444 e. The molecule has 0 saturated heterocycles. The molecule has 4 nitrogen and oxygen atoms in total. The van der Waals surface area contributed by atoms with E-state index in [-0.39, 0.29) is 6.10 Å². The second-order valence-corrected chi connectivity index (χ2v) is 5.63. The molecule has 0 fully saturated rings. The van der Waals surface area contributed by atoms with Gasteiger partial charge in [-0.05, 0) is 44.4 Å². The minimum absolute atomic E-state index is 0.346. The van der Waals surface area contributed by atoms with Crippen LogP contribution in [0, 0.1) is 0 Å². The van der Waals surface area contributed by atoms with Crippen LogP contribution >= 0.6 is 0 Å². The Balaban J connectivity index is 2.12. The SMILES string of the molecule is CC(C)(C)OC(=O)Nc1cccc2c1CC(O)C2. The fourth-order valence-electron chi connectivity index (χ4n) is 2.16. The van der Waals surface area contributed by atoms with Gasteiger partial charge in [-0.3, -0.25) is 5.32 Å². The van der Waals surface area contributed by atoms with Crippen LogP contribution in [0.1, 0.15) is 31.9 Å². The molecule has 1 unspecified atom stereocenters. The third kappa shape index (κ3) is 3.01. The third-order valence-electron chi connectivity index (χ3n) is 2.80. The summed E-state index contributed by atoms with van der Waals surface area (Å²) in [6.45, 7) is 5.48. The van der Waals surface area contributed by atoms with Gasteiger partial charge in [0.2, 0.25) is 0 Å². The highest BCUT2D eigenvalue weighted by Crippen LogP contribution is 2.29. The standard InChI is InChI=1S/C14H19NO3/c1-14(2,3)18-13(17)15-12-6-4-5-9-7-10(16)8-11(9)12/h4-6,10,16H,7-8H2,1-3H3,(H,15,17). The Labute approximate surface area is 107 Å². The Bertz CT molecular complexity index is 463. The number of carbonyl (C=O) groups is 1. The fraction of sp³-hybridized carbons (Fsp3) is 0.500. The largest absolute Gasteiger partial charge is 0.444 e. The number of aliphatic hydroxyl groups is 1. The number of hydrogen-bond donors (Lipinski definition) is 2. The lowest BCUT2D eigenvalue weighted by Crippen LogP contribution is -2.27. The van der Waals surface area contributed by atoms with Gasteiger partial charge < -0.3 is 9.84 Å². The van der Waals surface area contributed by atoms with Gasteiger partial charge in [0.05, 0.1) is 6.10 Å². The van der Waals surface area contributed by atoms with E-state index < -0.39 is 11.7 Å². The predicted octanol–water partition coefficient (Wildman–Crippen LogP) is 2.49. The number of amides is 1. The molecule has 1 amide bonds. The van der Waals surface area contributed by atoms with Crippen molar-refractivity contribution in [2.45, 2.75) is 45.3 Å². The highest BCUT2D eigenvalue weighted by atomic mass is 16.6. The maximum Gasteiger partial charge on any atom is 0.412 e. The van der Waals surface area contributed by atoms with Crippen LogP contribution in [0.3, 0.4) is 0 Å². The average Bonchev–Trinajstić information content (AvgIpc) is 2.56. The van der Waals surface area contributed by atoms with E-state index in [1.54, 1.807) is 0 Å². The van der Waals surface area contributed by atoms with Gasteiger partial charge >= 0.3 is 6.09 Å². The molecule has 98 valence electrons. The fourth-order valence-corrected chi connectivity index (χ4v) is 2.16. The molecule has 1 aromatic rings. The van der Waals surface area contributed by atoms with Gasteiger partial charge in [0.1, 0.15) is 5.60 Å². The zero-order valence-corrected chi connectivity index (χ0v) is 11.0. The normalized spacial score (nSPS) is 18.3. The molecule has 0 saturated carbocycles. The topological polar surface area (TPSA) is 58.6 Å². The quantitative estimate of drug-likeness (QED) is 0.804. The Morgan fingerprint density at radius 1 is 1.39 bits per heavy atom. The van der Waals surface area contributed by atoms with Crippen LogP contribution in [0.2, 0.25) is 0 Å². The van der Waals surface area contributed by atoms with Crippen molar-refractivity contribution >= 4 is 11.8 Å². The first-order chi connectivity index (χ1) is 8.35. The monoisotopic (exact) mass is 249 g/mol. The number of hydrogen-bond acceptors (Lipinski definition) is 3. The Hall–Kier alpha value is -1.55. The van der Waals surface area contributed by atoms with Crippen molar-refractivity contribution in [3.05, 3.63) is 29.3 Å². The van der Waals surface area contributed by atoms with E-state index in [2.05, 4.69) is 5.32 Å². The predicted molar refractivity (Wildman–Crippen MR) is 69.7 cm³/mol. The first kappa shape index (κ1) is 12.9. The zero-order valence-electron chi connectivity index (χ0n) is 11.0. The molecular weight excluding hydrogens is 230 g/mol. The van der Waals surface area contributed by atoms with Gasteiger partial charge in [0, 0.05) is 12.1 Å². The van der Waals surface area contributed by atoms with Crippen molar-refractivity contribution in [3.63, 3.8) is 0 Å². The maximum absolute atomic E-state index is 11.7. The molecule has 0 aromatic heterocycles. The zero-order chi connectivity index (χ0) is 13.3. The number of rotatable bonds is 1.